The van der Waals surface area contributed by atoms with Crippen LogP contribution in [0.5, 0.6) is 0 Å². The van der Waals surface area contributed by atoms with Gasteiger partial charge in [-0.2, -0.15) is 0 Å². The molecular weight excluding hydrogens is 342 g/mol. The van der Waals surface area contributed by atoms with Gasteiger partial charge in [-0.25, -0.2) is 14.8 Å². The van der Waals surface area contributed by atoms with Crippen LogP contribution in [0.15, 0.2) is 30.6 Å². The summed E-state index contributed by atoms with van der Waals surface area (Å²) in [6.07, 6.45) is 1.49. The zero-order valence-electron chi connectivity index (χ0n) is 16.7. The highest BCUT2D eigenvalue weighted by Gasteiger charge is 2.19. The van der Waals surface area contributed by atoms with Gasteiger partial charge in [-0.15, -0.1) is 0 Å². The zero-order chi connectivity index (χ0) is 20.0. The Hall–Kier alpha value is -2.83. The summed E-state index contributed by atoms with van der Waals surface area (Å²) in [6, 6.07) is 7.08. The van der Waals surface area contributed by atoms with Crippen LogP contribution in [-0.4, -0.2) is 36.1 Å². The first-order valence-electron chi connectivity index (χ1n) is 9.13. The van der Waals surface area contributed by atoms with Crippen molar-refractivity contribution in [3.63, 3.8) is 0 Å². The van der Waals surface area contributed by atoms with Crippen molar-refractivity contribution in [2.24, 2.45) is 11.8 Å². The molecule has 1 aromatic heterocycles. The Morgan fingerprint density at radius 2 is 1.78 bits per heavy atom. The average Bonchev–Trinajstić information content (AvgIpc) is 2.62. The average molecular weight is 371 g/mol. The number of para-hydroxylation sites is 1. The van der Waals surface area contributed by atoms with Gasteiger partial charge in [0, 0.05) is 13.1 Å². The Bertz CT molecular complexity index is 767. The second-order valence-corrected chi connectivity index (χ2v) is 7.31. The number of rotatable bonds is 8. The first kappa shape index (κ1) is 20.5. The summed E-state index contributed by atoms with van der Waals surface area (Å²) < 4.78 is 4.84. The first-order chi connectivity index (χ1) is 12.8. The lowest BCUT2D eigenvalue weighted by atomic mass is 10.1. The lowest BCUT2D eigenvalue weighted by molar-refractivity contribution is 0.0602. The second kappa shape index (κ2) is 9.21. The van der Waals surface area contributed by atoms with E-state index in [1.54, 1.807) is 18.2 Å². The van der Waals surface area contributed by atoms with Crippen molar-refractivity contribution in [2.75, 3.05) is 36.1 Å². The molecule has 27 heavy (non-hydrogen) atoms. The van der Waals surface area contributed by atoms with Gasteiger partial charge in [-0.3, -0.25) is 0 Å². The number of ether oxygens (including phenoxy) is 1. The van der Waals surface area contributed by atoms with Gasteiger partial charge in [-0.05, 0) is 24.0 Å². The molecule has 0 radical (unpaired) electrons. The molecule has 7 nitrogen and oxygen atoms in total. The summed E-state index contributed by atoms with van der Waals surface area (Å²) in [5, 5.41) is 3.15. The Morgan fingerprint density at radius 3 is 2.37 bits per heavy atom. The fourth-order valence-electron chi connectivity index (χ4n) is 2.87. The van der Waals surface area contributed by atoms with Gasteiger partial charge in [0.2, 0.25) is 0 Å². The van der Waals surface area contributed by atoms with Gasteiger partial charge in [0.15, 0.2) is 11.6 Å². The highest BCUT2D eigenvalue weighted by Crippen LogP contribution is 2.30. The van der Waals surface area contributed by atoms with E-state index in [1.165, 1.54) is 13.4 Å². The van der Waals surface area contributed by atoms with Crippen molar-refractivity contribution in [3.8, 4) is 0 Å². The Morgan fingerprint density at radius 1 is 1.15 bits per heavy atom. The standard InChI is InChI=1S/C20H29N5O2/c1-13(2)10-25(11-14(3)4)19-17(21)18(22-12-23-19)24-16-9-7-6-8-15(16)20(26)27-5/h6-9,12-14H,10-11,21H2,1-5H3,(H,22,23,24). The van der Waals surface area contributed by atoms with Crippen LogP contribution in [0.3, 0.4) is 0 Å². The summed E-state index contributed by atoms with van der Waals surface area (Å²) >= 11 is 0. The molecule has 0 aliphatic carbocycles. The molecule has 7 heteroatoms. The molecule has 0 bridgehead atoms. The molecule has 1 heterocycles. The summed E-state index contributed by atoms with van der Waals surface area (Å²) in [6.45, 7) is 10.3. The normalized spacial score (nSPS) is 10.9. The number of methoxy groups -OCH3 is 1. The van der Waals surface area contributed by atoms with Crippen molar-refractivity contribution in [1.29, 1.82) is 0 Å². The van der Waals surface area contributed by atoms with E-state index in [2.05, 4.69) is 47.9 Å². The largest absolute Gasteiger partial charge is 0.465 e. The van der Waals surface area contributed by atoms with Gasteiger partial charge in [0.05, 0.1) is 18.4 Å². The van der Waals surface area contributed by atoms with Crippen molar-refractivity contribution in [2.45, 2.75) is 27.7 Å². The summed E-state index contributed by atoms with van der Waals surface area (Å²) in [5.74, 6) is 1.68. The summed E-state index contributed by atoms with van der Waals surface area (Å²) in [4.78, 5) is 22.9. The fraction of sp³-hybridized carbons (Fsp3) is 0.450. The fourth-order valence-corrected chi connectivity index (χ4v) is 2.87. The number of nitrogens with zero attached hydrogens (tertiary/aromatic N) is 3. The van der Waals surface area contributed by atoms with E-state index in [9.17, 15) is 4.79 Å². The van der Waals surface area contributed by atoms with Crippen molar-refractivity contribution in [1.82, 2.24) is 9.97 Å². The van der Waals surface area contributed by atoms with Crippen LogP contribution in [0.1, 0.15) is 38.1 Å². The van der Waals surface area contributed by atoms with Gasteiger partial charge in [0.1, 0.15) is 12.0 Å². The van der Waals surface area contributed by atoms with E-state index in [4.69, 9.17) is 10.5 Å². The molecule has 0 aliphatic heterocycles. The van der Waals surface area contributed by atoms with Crippen molar-refractivity contribution >= 4 is 29.0 Å². The van der Waals surface area contributed by atoms with E-state index in [1.807, 2.05) is 6.07 Å². The molecule has 0 aliphatic rings. The quantitative estimate of drug-likeness (QED) is 0.683. The molecule has 0 spiro atoms. The number of benzene rings is 1. The molecule has 0 fully saturated rings. The topological polar surface area (TPSA) is 93.4 Å². The molecule has 0 unspecified atom stereocenters. The number of esters is 1. The first-order valence-corrected chi connectivity index (χ1v) is 9.13. The smallest absolute Gasteiger partial charge is 0.339 e. The van der Waals surface area contributed by atoms with E-state index >= 15 is 0 Å². The van der Waals surface area contributed by atoms with Gasteiger partial charge in [0.25, 0.3) is 0 Å². The van der Waals surface area contributed by atoms with E-state index < -0.39 is 5.97 Å². The number of nitrogens with one attached hydrogen (secondary N) is 1. The van der Waals surface area contributed by atoms with Crippen LogP contribution in [0.4, 0.5) is 23.0 Å². The molecule has 3 N–H and O–H groups in total. The summed E-state index contributed by atoms with van der Waals surface area (Å²) in [5.41, 5.74) is 7.85. The molecular formula is C20H29N5O2. The SMILES string of the molecule is COC(=O)c1ccccc1Nc1ncnc(N(CC(C)C)CC(C)C)c1N. The van der Waals surface area contributed by atoms with E-state index in [0.717, 1.165) is 13.1 Å². The minimum absolute atomic E-state index is 0.417. The van der Waals surface area contributed by atoms with Crippen LogP contribution in [-0.2, 0) is 4.74 Å². The van der Waals surface area contributed by atoms with Crippen LogP contribution >= 0.6 is 0 Å². The maximum absolute atomic E-state index is 12.0. The third kappa shape index (κ3) is 5.32. The number of aromatic nitrogens is 2. The Labute approximate surface area is 161 Å². The Kier molecular flexibility index (Phi) is 6.98. The second-order valence-electron chi connectivity index (χ2n) is 7.31. The lowest BCUT2D eigenvalue weighted by Gasteiger charge is -2.28. The molecule has 0 saturated heterocycles. The maximum Gasteiger partial charge on any atom is 0.339 e. The predicted octanol–water partition coefficient (Wildman–Crippen LogP) is 3.71. The number of carbonyl (C=O) groups excluding carboxylic acids is 1. The molecule has 146 valence electrons. The predicted molar refractivity (Wildman–Crippen MR) is 109 cm³/mol. The highest BCUT2D eigenvalue weighted by atomic mass is 16.5. The summed E-state index contributed by atoms with van der Waals surface area (Å²) in [7, 11) is 1.35. The number of anilines is 4. The van der Waals surface area contributed by atoms with Gasteiger partial charge < -0.3 is 20.7 Å². The van der Waals surface area contributed by atoms with Crippen molar-refractivity contribution < 1.29 is 9.53 Å². The Balaban J connectivity index is 2.38. The minimum atomic E-state index is -0.424. The molecule has 0 saturated carbocycles. The molecule has 0 amide bonds. The molecule has 1 aromatic carbocycles. The number of nitrogens with two attached hydrogens (primary N) is 1. The highest BCUT2D eigenvalue weighted by molar-refractivity contribution is 5.97. The number of carbonyl (C=O) groups is 1. The lowest BCUT2D eigenvalue weighted by Crippen LogP contribution is -2.33. The molecule has 2 aromatic rings. The molecule has 2 rings (SSSR count). The van der Waals surface area contributed by atoms with E-state index in [0.29, 0.717) is 40.4 Å². The van der Waals surface area contributed by atoms with Gasteiger partial charge in [-0.1, -0.05) is 39.8 Å². The van der Waals surface area contributed by atoms with Crippen molar-refractivity contribution in [3.05, 3.63) is 36.2 Å². The maximum atomic E-state index is 12.0. The molecule has 0 atom stereocenters. The number of hydrogen-bond acceptors (Lipinski definition) is 7. The van der Waals surface area contributed by atoms with Gasteiger partial charge >= 0.3 is 5.97 Å². The third-order valence-electron chi connectivity index (χ3n) is 3.92. The number of hydrogen-bond donors (Lipinski definition) is 2. The number of nitrogen functional groups attached to an aromatic ring is 1. The van der Waals surface area contributed by atoms with E-state index in [-0.39, 0.29) is 0 Å². The van der Waals surface area contributed by atoms with Crippen LogP contribution < -0.4 is 16.0 Å². The monoisotopic (exact) mass is 371 g/mol. The van der Waals surface area contributed by atoms with Crippen LogP contribution in [0.2, 0.25) is 0 Å². The third-order valence-corrected chi connectivity index (χ3v) is 3.92. The zero-order valence-corrected chi connectivity index (χ0v) is 16.7. The van der Waals surface area contributed by atoms with Crippen LogP contribution in [0, 0.1) is 11.8 Å². The minimum Gasteiger partial charge on any atom is -0.465 e. The van der Waals surface area contributed by atoms with Crippen LogP contribution in [0.25, 0.3) is 0 Å².